The monoisotopic (exact) mass is 378 g/mol. The van der Waals surface area contributed by atoms with Crippen LogP contribution < -0.4 is 0 Å². The van der Waals surface area contributed by atoms with Gasteiger partial charge in [-0.3, -0.25) is 0 Å². The summed E-state index contributed by atoms with van der Waals surface area (Å²) in [7, 11) is 0. The summed E-state index contributed by atoms with van der Waals surface area (Å²) in [5, 5.41) is 0. The number of rotatable bonds is 1. The summed E-state index contributed by atoms with van der Waals surface area (Å²) in [4.78, 5) is 0. The van der Waals surface area contributed by atoms with E-state index in [0.29, 0.717) is 12.1 Å². The molecule has 1 rings (SSSR count). The molecule has 0 amide bonds. The Balaban J connectivity index is 2.58. The lowest BCUT2D eigenvalue weighted by atomic mass is 10.2. The van der Waals surface area contributed by atoms with Crippen molar-refractivity contribution < 1.29 is 0 Å². The summed E-state index contributed by atoms with van der Waals surface area (Å²) in [5.74, 6) is 0. The van der Waals surface area contributed by atoms with Gasteiger partial charge in [-0.1, -0.05) is 6.08 Å². The Morgan fingerprint density at radius 1 is 1.45 bits per heavy atom. The largest absolute Gasteiger partial charge is 0.244 e. The van der Waals surface area contributed by atoms with Crippen LogP contribution in [0.4, 0.5) is 0 Å². The highest BCUT2D eigenvalue weighted by atomic mass is 127. The smallest absolute Gasteiger partial charge is 0.0510 e. The van der Waals surface area contributed by atoms with Gasteiger partial charge in [0.1, 0.15) is 0 Å². The van der Waals surface area contributed by atoms with Gasteiger partial charge < -0.3 is 0 Å². The predicted octanol–water partition coefficient (Wildman–Crippen LogP) is 2.25. The highest BCUT2D eigenvalue weighted by Gasteiger charge is 2.27. The number of piperazine rings is 1. The van der Waals surface area contributed by atoms with E-state index in [1.807, 2.05) is 6.08 Å². The minimum atomic E-state index is 0.510. The van der Waals surface area contributed by atoms with Crippen LogP contribution in [0.15, 0.2) is 12.7 Å². The second-order valence-electron chi connectivity index (χ2n) is 2.82. The molecule has 1 fully saturated rings. The van der Waals surface area contributed by atoms with Gasteiger partial charge in [-0.15, -0.1) is 6.58 Å². The van der Waals surface area contributed by atoms with Crippen molar-refractivity contribution in [2.45, 2.75) is 19.0 Å². The standard InChI is InChI=1S/C7H12I2N2/c1-3-7-5-10(8)4-6(2)11(7)9/h3,6-7H,1,4-5H2,2H3/t6-,7+/m0/s1. The minimum absolute atomic E-state index is 0.510. The fourth-order valence-electron chi connectivity index (χ4n) is 1.22. The average molecular weight is 378 g/mol. The van der Waals surface area contributed by atoms with Crippen LogP contribution in [0, 0.1) is 0 Å². The highest BCUT2D eigenvalue weighted by molar-refractivity contribution is 14.1. The zero-order chi connectivity index (χ0) is 8.43. The van der Waals surface area contributed by atoms with E-state index in [4.69, 9.17) is 0 Å². The molecule has 0 bridgehead atoms. The van der Waals surface area contributed by atoms with Crippen molar-refractivity contribution in [2.24, 2.45) is 0 Å². The molecule has 0 radical (unpaired) electrons. The second-order valence-corrected chi connectivity index (χ2v) is 5.30. The molecule has 1 saturated heterocycles. The molecular formula is C7H12I2N2. The Labute approximate surface area is 96.0 Å². The number of halogens is 2. The summed E-state index contributed by atoms with van der Waals surface area (Å²) < 4.78 is 4.67. The maximum Gasteiger partial charge on any atom is 0.0510 e. The van der Waals surface area contributed by atoms with Crippen LogP contribution in [-0.4, -0.2) is 31.4 Å². The summed E-state index contributed by atoms with van der Waals surface area (Å²) in [6.07, 6.45) is 2.02. The van der Waals surface area contributed by atoms with Gasteiger partial charge in [-0.05, 0) is 6.92 Å². The summed E-state index contributed by atoms with van der Waals surface area (Å²) in [5.41, 5.74) is 0. The van der Waals surface area contributed by atoms with Crippen LogP contribution in [0.5, 0.6) is 0 Å². The molecule has 2 nitrogen and oxygen atoms in total. The van der Waals surface area contributed by atoms with E-state index in [9.17, 15) is 0 Å². The van der Waals surface area contributed by atoms with Crippen molar-refractivity contribution in [3.05, 3.63) is 12.7 Å². The van der Waals surface area contributed by atoms with Gasteiger partial charge in [0.05, 0.1) is 6.04 Å². The van der Waals surface area contributed by atoms with Gasteiger partial charge in [-0.2, -0.15) is 0 Å². The normalized spacial score (nSPS) is 35.5. The fraction of sp³-hybridized carbons (Fsp3) is 0.714. The lowest BCUT2D eigenvalue weighted by molar-refractivity contribution is 0.231. The van der Waals surface area contributed by atoms with E-state index in [1.54, 1.807) is 0 Å². The average Bonchev–Trinajstić information content (AvgIpc) is 1.96. The van der Waals surface area contributed by atoms with Gasteiger partial charge in [0.2, 0.25) is 0 Å². The second kappa shape index (κ2) is 4.38. The van der Waals surface area contributed by atoms with E-state index in [0.717, 1.165) is 13.1 Å². The maximum atomic E-state index is 3.83. The SMILES string of the molecule is C=C[C@@H]1CN(I)C[C@H](C)N1I. The van der Waals surface area contributed by atoms with E-state index < -0.39 is 0 Å². The molecule has 64 valence electrons. The third-order valence-corrected chi connectivity index (χ3v) is 4.31. The van der Waals surface area contributed by atoms with Crippen LogP contribution in [-0.2, 0) is 0 Å². The number of nitrogens with zero attached hydrogens (tertiary/aromatic N) is 2. The van der Waals surface area contributed by atoms with Crippen molar-refractivity contribution in [3.8, 4) is 0 Å². The molecule has 0 unspecified atom stereocenters. The zero-order valence-corrected chi connectivity index (χ0v) is 10.8. The Morgan fingerprint density at radius 3 is 2.64 bits per heavy atom. The van der Waals surface area contributed by atoms with Gasteiger partial charge in [-0.25, -0.2) is 6.23 Å². The van der Waals surface area contributed by atoms with Crippen molar-refractivity contribution in [1.82, 2.24) is 6.23 Å². The molecular weight excluding hydrogens is 366 g/mol. The van der Waals surface area contributed by atoms with Crippen molar-refractivity contribution in [3.63, 3.8) is 0 Å². The molecule has 0 spiro atoms. The van der Waals surface area contributed by atoms with E-state index >= 15 is 0 Å². The first-order valence-electron chi connectivity index (χ1n) is 3.62. The zero-order valence-electron chi connectivity index (χ0n) is 6.50. The van der Waals surface area contributed by atoms with Gasteiger partial charge in [0.15, 0.2) is 0 Å². The number of hydrogen-bond donors (Lipinski definition) is 0. The molecule has 1 heterocycles. The van der Waals surface area contributed by atoms with Crippen LogP contribution in [0.1, 0.15) is 6.92 Å². The van der Waals surface area contributed by atoms with Crippen molar-refractivity contribution in [1.29, 1.82) is 0 Å². The van der Waals surface area contributed by atoms with E-state index in [-0.39, 0.29) is 0 Å². The first kappa shape index (κ1) is 10.2. The Kier molecular flexibility index (Phi) is 4.06. The fourth-order valence-corrected chi connectivity index (χ4v) is 2.78. The van der Waals surface area contributed by atoms with Crippen molar-refractivity contribution >= 4 is 45.7 Å². The maximum absolute atomic E-state index is 3.83. The Morgan fingerprint density at radius 2 is 2.09 bits per heavy atom. The molecule has 0 aromatic carbocycles. The molecule has 1 aliphatic rings. The Hall–Kier alpha value is 1.12. The lowest BCUT2D eigenvalue weighted by Gasteiger charge is -2.38. The first-order valence-corrected chi connectivity index (χ1v) is 5.55. The molecule has 0 N–H and O–H groups in total. The summed E-state index contributed by atoms with van der Waals surface area (Å²) >= 11 is 4.76. The lowest BCUT2D eigenvalue weighted by Crippen LogP contribution is -2.49. The topological polar surface area (TPSA) is 6.48 Å². The molecule has 0 aromatic heterocycles. The van der Waals surface area contributed by atoms with E-state index in [1.165, 1.54) is 0 Å². The summed E-state index contributed by atoms with van der Waals surface area (Å²) in [6, 6.07) is 1.14. The third kappa shape index (κ3) is 2.53. The first-order chi connectivity index (χ1) is 5.15. The van der Waals surface area contributed by atoms with E-state index in [2.05, 4.69) is 65.5 Å². The summed E-state index contributed by atoms with van der Waals surface area (Å²) in [6.45, 7) is 8.31. The number of hydrogen-bond acceptors (Lipinski definition) is 2. The van der Waals surface area contributed by atoms with Crippen molar-refractivity contribution in [2.75, 3.05) is 13.1 Å². The van der Waals surface area contributed by atoms with Crippen LogP contribution >= 0.6 is 45.7 Å². The molecule has 0 aromatic rings. The molecule has 2 atom stereocenters. The van der Waals surface area contributed by atoms with Gasteiger partial charge >= 0.3 is 0 Å². The van der Waals surface area contributed by atoms with Crippen LogP contribution in [0.25, 0.3) is 0 Å². The predicted molar refractivity (Wildman–Crippen MR) is 64.9 cm³/mol. The quantitative estimate of drug-likeness (QED) is 0.393. The van der Waals surface area contributed by atoms with Gasteiger partial charge in [0, 0.05) is 64.9 Å². The molecule has 1 aliphatic heterocycles. The minimum Gasteiger partial charge on any atom is -0.244 e. The van der Waals surface area contributed by atoms with Crippen LogP contribution in [0.3, 0.4) is 0 Å². The molecule has 4 heteroatoms. The van der Waals surface area contributed by atoms with Crippen LogP contribution in [0.2, 0.25) is 0 Å². The Bertz CT molecular complexity index is 151. The molecule has 0 aliphatic carbocycles. The van der Waals surface area contributed by atoms with Gasteiger partial charge in [0.25, 0.3) is 0 Å². The third-order valence-electron chi connectivity index (χ3n) is 1.86. The highest BCUT2D eigenvalue weighted by Crippen LogP contribution is 2.22. The molecule has 0 saturated carbocycles. The molecule has 11 heavy (non-hydrogen) atoms.